The van der Waals surface area contributed by atoms with Gasteiger partial charge >= 0.3 is 0 Å². The lowest BCUT2D eigenvalue weighted by Crippen LogP contribution is -1.97. The van der Waals surface area contributed by atoms with Crippen molar-refractivity contribution in [2.24, 2.45) is 0 Å². The highest BCUT2D eigenvalue weighted by Crippen LogP contribution is 2.14. The largest absolute Gasteiger partial charge is 0.303 e. The first kappa shape index (κ1) is 10.0. The summed E-state index contributed by atoms with van der Waals surface area (Å²) in [4.78, 5) is 10.0. The van der Waals surface area contributed by atoms with E-state index >= 15 is 0 Å². The molecule has 0 aliphatic rings. The third-order valence-electron chi connectivity index (χ3n) is 1.33. The van der Waals surface area contributed by atoms with Gasteiger partial charge in [-0.1, -0.05) is 20.3 Å². The highest BCUT2D eigenvalue weighted by molar-refractivity contribution is 7.99. The Morgan fingerprint density at radius 3 is 2.80 bits per heavy atom. The second-order valence-electron chi connectivity index (χ2n) is 2.44. The molecule has 0 spiro atoms. The topological polar surface area (TPSA) is 17.1 Å². The van der Waals surface area contributed by atoms with Crippen molar-refractivity contribution in [3.8, 4) is 0 Å². The SMILES string of the molecule is CCCCSC(C)CC=O. The van der Waals surface area contributed by atoms with Gasteiger partial charge in [0.15, 0.2) is 0 Å². The summed E-state index contributed by atoms with van der Waals surface area (Å²) in [6.45, 7) is 4.29. The van der Waals surface area contributed by atoms with Crippen LogP contribution in [0.1, 0.15) is 33.1 Å². The van der Waals surface area contributed by atoms with Gasteiger partial charge in [0.25, 0.3) is 0 Å². The zero-order valence-corrected chi connectivity index (χ0v) is 7.62. The van der Waals surface area contributed by atoms with Crippen molar-refractivity contribution in [2.45, 2.75) is 38.4 Å². The molecule has 1 atom stereocenters. The number of hydrogen-bond acceptors (Lipinski definition) is 2. The number of rotatable bonds is 6. The van der Waals surface area contributed by atoms with Gasteiger partial charge in [-0.15, -0.1) is 0 Å². The summed E-state index contributed by atoms with van der Waals surface area (Å²) in [5, 5.41) is 0.518. The second kappa shape index (κ2) is 7.13. The van der Waals surface area contributed by atoms with E-state index in [2.05, 4.69) is 13.8 Å². The van der Waals surface area contributed by atoms with E-state index in [1.165, 1.54) is 18.6 Å². The van der Waals surface area contributed by atoms with E-state index in [-0.39, 0.29) is 0 Å². The van der Waals surface area contributed by atoms with Gasteiger partial charge in [-0.05, 0) is 12.2 Å². The van der Waals surface area contributed by atoms with Crippen molar-refractivity contribution in [3.05, 3.63) is 0 Å². The Balaban J connectivity index is 3.04. The average molecular weight is 160 g/mol. The van der Waals surface area contributed by atoms with Crippen molar-refractivity contribution in [1.29, 1.82) is 0 Å². The van der Waals surface area contributed by atoms with Gasteiger partial charge in [0, 0.05) is 11.7 Å². The molecule has 0 aromatic rings. The summed E-state index contributed by atoms with van der Waals surface area (Å²) in [5.74, 6) is 1.20. The summed E-state index contributed by atoms with van der Waals surface area (Å²) in [6.07, 6.45) is 4.23. The molecule has 1 unspecified atom stereocenters. The lowest BCUT2D eigenvalue weighted by atomic mass is 10.4. The maximum absolute atomic E-state index is 10.0. The molecule has 0 bridgehead atoms. The Bertz CT molecular complexity index is 83.3. The Labute approximate surface area is 67.6 Å². The first-order valence-corrected chi connectivity index (χ1v) is 4.91. The van der Waals surface area contributed by atoms with E-state index < -0.39 is 0 Å². The molecule has 60 valence electrons. The molecule has 0 amide bonds. The second-order valence-corrected chi connectivity index (χ2v) is 3.98. The summed E-state index contributed by atoms with van der Waals surface area (Å²) < 4.78 is 0. The number of aldehydes is 1. The van der Waals surface area contributed by atoms with Crippen LogP contribution in [0.5, 0.6) is 0 Å². The van der Waals surface area contributed by atoms with Gasteiger partial charge in [-0.25, -0.2) is 0 Å². The first-order chi connectivity index (χ1) is 4.81. The van der Waals surface area contributed by atoms with Gasteiger partial charge in [0.1, 0.15) is 6.29 Å². The molecule has 1 nitrogen and oxygen atoms in total. The van der Waals surface area contributed by atoms with Crippen LogP contribution in [0.4, 0.5) is 0 Å². The number of carbonyl (C=O) groups is 1. The summed E-state index contributed by atoms with van der Waals surface area (Å²) in [6, 6.07) is 0. The van der Waals surface area contributed by atoms with Crippen molar-refractivity contribution in [3.63, 3.8) is 0 Å². The van der Waals surface area contributed by atoms with Crippen LogP contribution in [0.25, 0.3) is 0 Å². The average Bonchev–Trinajstić information content (AvgIpc) is 1.89. The maximum atomic E-state index is 10.0. The van der Waals surface area contributed by atoms with Crippen molar-refractivity contribution in [1.82, 2.24) is 0 Å². The zero-order chi connectivity index (χ0) is 7.82. The van der Waals surface area contributed by atoms with E-state index in [1.807, 2.05) is 11.8 Å². The molecule has 2 heteroatoms. The van der Waals surface area contributed by atoms with Gasteiger partial charge in [0.2, 0.25) is 0 Å². The molecule has 0 saturated heterocycles. The van der Waals surface area contributed by atoms with Crippen molar-refractivity contribution >= 4 is 18.0 Å². The summed E-state index contributed by atoms with van der Waals surface area (Å²) >= 11 is 1.89. The Morgan fingerprint density at radius 2 is 2.30 bits per heavy atom. The smallest absolute Gasteiger partial charge is 0.121 e. The molecule has 0 N–H and O–H groups in total. The molecule has 0 saturated carbocycles. The maximum Gasteiger partial charge on any atom is 0.121 e. The van der Waals surface area contributed by atoms with E-state index in [9.17, 15) is 4.79 Å². The number of carbonyl (C=O) groups excluding carboxylic acids is 1. The minimum atomic E-state index is 0.518. The van der Waals surface area contributed by atoms with Gasteiger partial charge in [-0.2, -0.15) is 11.8 Å². The fraction of sp³-hybridized carbons (Fsp3) is 0.875. The minimum Gasteiger partial charge on any atom is -0.303 e. The highest BCUT2D eigenvalue weighted by atomic mass is 32.2. The van der Waals surface area contributed by atoms with E-state index in [1.54, 1.807) is 0 Å². The van der Waals surface area contributed by atoms with Gasteiger partial charge in [0.05, 0.1) is 0 Å². The molecule has 10 heavy (non-hydrogen) atoms. The summed E-state index contributed by atoms with van der Waals surface area (Å²) in [7, 11) is 0. The van der Waals surface area contributed by atoms with Crippen LogP contribution in [0.3, 0.4) is 0 Å². The number of unbranched alkanes of at least 4 members (excludes halogenated alkanes) is 1. The van der Waals surface area contributed by atoms with Crippen LogP contribution in [0.2, 0.25) is 0 Å². The lowest BCUT2D eigenvalue weighted by Gasteiger charge is -2.05. The third kappa shape index (κ3) is 6.14. The fourth-order valence-electron chi connectivity index (χ4n) is 0.632. The molecular weight excluding hydrogens is 144 g/mol. The quantitative estimate of drug-likeness (QED) is 0.438. The van der Waals surface area contributed by atoms with Crippen LogP contribution in [0.15, 0.2) is 0 Å². The third-order valence-corrected chi connectivity index (χ3v) is 2.61. The zero-order valence-electron chi connectivity index (χ0n) is 6.80. The van der Waals surface area contributed by atoms with Crippen LogP contribution >= 0.6 is 11.8 Å². The monoisotopic (exact) mass is 160 g/mol. The van der Waals surface area contributed by atoms with Crippen LogP contribution in [-0.2, 0) is 4.79 Å². The Morgan fingerprint density at radius 1 is 1.60 bits per heavy atom. The summed E-state index contributed by atoms with van der Waals surface area (Å²) in [5.41, 5.74) is 0. The molecule has 0 aliphatic carbocycles. The molecule has 0 aromatic carbocycles. The normalized spacial score (nSPS) is 13.0. The van der Waals surface area contributed by atoms with Gasteiger partial charge < -0.3 is 4.79 Å². The Kier molecular flexibility index (Phi) is 7.15. The van der Waals surface area contributed by atoms with Crippen LogP contribution < -0.4 is 0 Å². The molecule has 0 fully saturated rings. The molecule has 0 heterocycles. The first-order valence-electron chi connectivity index (χ1n) is 3.86. The highest BCUT2D eigenvalue weighted by Gasteiger charge is 1.99. The van der Waals surface area contributed by atoms with Gasteiger partial charge in [-0.3, -0.25) is 0 Å². The van der Waals surface area contributed by atoms with Crippen molar-refractivity contribution < 1.29 is 4.79 Å². The van der Waals surface area contributed by atoms with Crippen LogP contribution in [0, 0.1) is 0 Å². The number of hydrogen-bond donors (Lipinski definition) is 0. The Hall–Kier alpha value is 0.0200. The van der Waals surface area contributed by atoms with E-state index in [4.69, 9.17) is 0 Å². The molecule has 0 aromatic heterocycles. The standard InChI is InChI=1S/C8H16OS/c1-3-4-7-10-8(2)5-6-9/h6,8H,3-5,7H2,1-2H3. The molecular formula is C8H16OS. The minimum absolute atomic E-state index is 0.518. The fourth-order valence-corrected chi connectivity index (χ4v) is 1.70. The predicted octanol–water partition coefficient (Wildman–Crippen LogP) is 2.50. The van der Waals surface area contributed by atoms with Crippen LogP contribution in [-0.4, -0.2) is 17.3 Å². The number of thioether (sulfide) groups is 1. The van der Waals surface area contributed by atoms with E-state index in [0.717, 1.165) is 6.29 Å². The molecule has 0 radical (unpaired) electrons. The molecule has 0 rings (SSSR count). The van der Waals surface area contributed by atoms with Crippen molar-refractivity contribution in [2.75, 3.05) is 5.75 Å². The lowest BCUT2D eigenvalue weighted by molar-refractivity contribution is -0.107. The predicted molar refractivity (Wildman–Crippen MR) is 47.5 cm³/mol. The molecule has 0 aliphatic heterocycles. The van der Waals surface area contributed by atoms with E-state index in [0.29, 0.717) is 11.7 Å².